The van der Waals surface area contributed by atoms with Gasteiger partial charge in [0.25, 0.3) is 5.56 Å². The number of benzene rings is 1. The van der Waals surface area contributed by atoms with Gasteiger partial charge >= 0.3 is 0 Å². The SMILES string of the molecule is COCC(Cn1c(C(C)Cl)nc2ccccc2c1=O)OC. The van der Waals surface area contributed by atoms with Gasteiger partial charge in [0.1, 0.15) is 5.82 Å². The molecule has 1 aromatic carbocycles. The van der Waals surface area contributed by atoms with Gasteiger partial charge in [0.2, 0.25) is 0 Å². The first-order valence-corrected chi connectivity index (χ1v) is 7.17. The van der Waals surface area contributed by atoms with Crippen LogP contribution in [0.1, 0.15) is 18.1 Å². The average Bonchev–Trinajstić information content (AvgIpc) is 2.48. The van der Waals surface area contributed by atoms with Crippen LogP contribution in [0.3, 0.4) is 0 Å². The predicted octanol–water partition coefficient (Wildman–Crippen LogP) is 2.36. The van der Waals surface area contributed by atoms with E-state index in [1.165, 1.54) is 0 Å². The molecule has 0 N–H and O–H groups in total. The van der Waals surface area contributed by atoms with E-state index in [1.54, 1.807) is 31.8 Å². The van der Waals surface area contributed by atoms with Crippen LogP contribution in [-0.2, 0) is 16.0 Å². The second kappa shape index (κ2) is 7.02. The van der Waals surface area contributed by atoms with E-state index in [0.29, 0.717) is 29.9 Å². The summed E-state index contributed by atoms with van der Waals surface area (Å²) in [5.74, 6) is 0.540. The Morgan fingerprint density at radius 2 is 2.05 bits per heavy atom. The van der Waals surface area contributed by atoms with Gasteiger partial charge in [-0.3, -0.25) is 9.36 Å². The Balaban J connectivity index is 2.56. The number of hydrogen-bond acceptors (Lipinski definition) is 4. The molecule has 0 amide bonds. The minimum absolute atomic E-state index is 0.110. The third-order valence-electron chi connectivity index (χ3n) is 3.32. The van der Waals surface area contributed by atoms with Crippen LogP contribution in [0.15, 0.2) is 29.1 Å². The van der Waals surface area contributed by atoms with Gasteiger partial charge in [0.05, 0.1) is 35.5 Å². The smallest absolute Gasteiger partial charge is 0.261 e. The zero-order valence-corrected chi connectivity index (χ0v) is 13.1. The van der Waals surface area contributed by atoms with E-state index in [9.17, 15) is 4.79 Å². The Morgan fingerprint density at radius 3 is 2.67 bits per heavy atom. The number of para-hydroxylation sites is 1. The molecular formula is C15H19ClN2O3. The summed E-state index contributed by atoms with van der Waals surface area (Å²) in [5, 5.41) is 0.202. The molecule has 0 saturated heterocycles. The zero-order chi connectivity index (χ0) is 15.4. The van der Waals surface area contributed by atoms with Crippen molar-refractivity contribution < 1.29 is 9.47 Å². The average molecular weight is 311 g/mol. The minimum atomic E-state index is -0.373. The van der Waals surface area contributed by atoms with Crippen molar-refractivity contribution in [1.29, 1.82) is 0 Å². The minimum Gasteiger partial charge on any atom is -0.382 e. The fourth-order valence-corrected chi connectivity index (χ4v) is 2.42. The molecule has 0 aliphatic carbocycles. The van der Waals surface area contributed by atoms with Crippen molar-refractivity contribution in [3.8, 4) is 0 Å². The van der Waals surface area contributed by atoms with Gasteiger partial charge in [0.15, 0.2) is 0 Å². The lowest BCUT2D eigenvalue weighted by molar-refractivity contribution is 0.0172. The highest BCUT2D eigenvalue weighted by atomic mass is 35.5. The lowest BCUT2D eigenvalue weighted by Crippen LogP contribution is -2.33. The molecule has 0 fully saturated rings. The van der Waals surface area contributed by atoms with Crippen molar-refractivity contribution >= 4 is 22.5 Å². The fourth-order valence-electron chi connectivity index (χ4n) is 2.25. The number of methoxy groups -OCH3 is 2. The maximum atomic E-state index is 12.7. The fraction of sp³-hybridized carbons (Fsp3) is 0.467. The number of nitrogens with zero attached hydrogens (tertiary/aromatic N) is 2. The van der Waals surface area contributed by atoms with Gasteiger partial charge in [-0.2, -0.15) is 0 Å². The van der Waals surface area contributed by atoms with Crippen LogP contribution in [0.5, 0.6) is 0 Å². The Morgan fingerprint density at radius 1 is 1.33 bits per heavy atom. The molecule has 0 aliphatic heterocycles. The van der Waals surface area contributed by atoms with E-state index in [0.717, 1.165) is 0 Å². The number of fused-ring (bicyclic) bond motifs is 1. The number of hydrogen-bond donors (Lipinski definition) is 0. The van der Waals surface area contributed by atoms with E-state index in [-0.39, 0.29) is 17.0 Å². The normalized spacial score (nSPS) is 14.3. The third-order valence-corrected chi connectivity index (χ3v) is 3.51. The first-order chi connectivity index (χ1) is 10.1. The molecule has 2 unspecified atom stereocenters. The summed E-state index contributed by atoms with van der Waals surface area (Å²) in [7, 11) is 3.19. The van der Waals surface area contributed by atoms with Crippen LogP contribution >= 0.6 is 11.6 Å². The van der Waals surface area contributed by atoms with E-state index >= 15 is 0 Å². The first kappa shape index (κ1) is 15.9. The van der Waals surface area contributed by atoms with Gasteiger partial charge in [-0.15, -0.1) is 11.6 Å². The highest BCUT2D eigenvalue weighted by Crippen LogP contribution is 2.19. The molecule has 0 aliphatic rings. The molecule has 5 nitrogen and oxygen atoms in total. The molecule has 0 spiro atoms. The number of aromatic nitrogens is 2. The van der Waals surface area contributed by atoms with E-state index in [2.05, 4.69) is 4.98 Å². The molecule has 2 atom stereocenters. The molecule has 0 saturated carbocycles. The first-order valence-electron chi connectivity index (χ1n) is 6.73. The molecule has 0 bridgehead atoms. The van der Waals surface area contributed by atoms with Gasteiger partial charge in [0, 0.05) is 14.2 Å². The van der Waals surface area contributed by atoms with Crippen molar-refractivity contribution in [2.45, 2.75) is 24.9 Å². The van der Waals surface area contributed by atoms with E-state index in [1.807, 2.05) is 18.2 Å². The number of ether oxygens (including phenoxy) is 2. The number of halogens is 1. The maximum Gasteiger partial charge on any atom is 0.261 e. The molecule has 1 aromatic heterocycles. The molecule has 6 heteroatoms. The van der Waals surface area contributed by atoms with Crippen molar-refractivity contribution in [2.75, 3.05) is 20.8 Å². The van der Waals surface area contributed by atoms with Crippen LogP contribution in [0.2, 0.25) is 0 Å². The topological polar surface area (TPSA) is 53.4 Å². The number of rotatable bonds is 6. The molecule has 114 valence electrons. The van der Waals surface area contributed by atoms with Crippen molar-refractivity contribution in [3.63, 3.8) is 0 Å². The van der Waals surface area contributed by atoms with Gasteiger partial charge in [-0.25, -0.2) is 4.98 Å². The van der Waals surface area contributed by atoms with Gasteiger partial charge in [-0.1, -0.05) is 12.1 Å². The standard InChI is InChI=1S/C15H19ClN2O3/c1-10(16)14-17-13-7-5-4-6-12(13)15(19)18(14)8-11(21-3)9-20-2/h4-7,10-11H,8-9H2,1-3H3. The Kier molecular flexibility index (Phi) is 5.33. The quantitative estimate of drug-likeness (QED) is 0.769. The third kappa shape index (κ3) is 3.43. The molecule has 2 rings (SSSR count). The van der Waals surface area contributed by atoms with Crippen LogP contribution < -0.4 is 5.56 Å². The second-order valence-electron chi connectivity index (χ2n) is 4.83. The molecular weight excluding hydrogens is 292 g/mol. The van der Waals surface area contributed by atoms with Crippen LogP contribution in [0.4, 0.5) is 0 Å². The van der Waals surface area contributed by atoms with Crippen molar-refractivity contribution in [3.05, 3.63) is 40.4 Å². The monoisotopic (exact) mass is 310 g/mol. The summed E-state index contributed by atoms with van der Waals surface area (Å²) in [4.78, 5) is 17.2. The highest BCUT2D eigenvalue weighted by Gasteiger charge is 2.18. The summed E-state index contributed by atoms with van der Waals surface area (Å²) in [6.07, 6.45) is -0.232. The van der Waals surface area contributed by atoms with Crippen LogP contribution in [0.25, 0.3) is 10.9 Å². The summed E-state index contributed by atoms with van der Waals surface area (Å²) < 4.78 is 12.0. The highest BCUT2D eigenvalue weighted by molar-refractivity contribution is 6.20. The van der Waals surface area contributed by atoms with Crippen molar-refractivity contribution in [1.82, 2.24) is 9.55 Å². The maximum absolute atomic E-state index is 12.7. The van der Waals surface area contributed by atoms with Crippen LogP contribution in [-0.4, -0.2) is 36.5 Å². The summed E-state index contributed by atoms with van der Waals surface area (Å²) in [6.45, 7) is 2.55. The van der Waals surface area contributed by atoms with Crippen LogP contribution in [0, 0.1) is 0 Å². The summed E-state index contributed by atoms with van der Waals surface area (Å²) in [6, 6.07) is 7.25. The lowest BCUT2D eigenvalue weighted by Gasteiger charge is -2.20. The Hall–Kier alpha value is -1.43. The van der Waals surface area contributed by atoms with Gasteiger partial charge < -0.3 is 9.47 Å². The number of alkyl halides is 1. The van der Waals surface area contributed by atoms with E-state index in [4.69, 9.17) is 21.1 Å². The Bertz CT molecular complexity index is 670. The molecule has 1 heterocycles. The van der Waals surface area contributed by atoms with Gasteiger partial charge in [-0.05, 0) is 19.1 Å². The molecule has 21 heavy (non-hydrogen) atoms. The predicted molar refractivity (Wildman–Crippen MR) is 82.9 cm³/mol. The summed E-state index contributed by atoms with van der Waals surface area (Å²) in [5.41, 5.74) is 0.545. The largest absolute Gasteiger partial charge is 0.382 e. The molecule has 0 radical (unpaired) electrons. The Labute approximate surface area is 128 Å². The second-order valence-corrected chi connectivity index (χ2v) is 5.49. The van der Waals surface area contributed by atoms with Crippen molar-refractivity contribution in [2.24, 2.45) is 0 Å². The lowest BCUT2D eigenvalue weighted by atomic mass is 10.2. The van der Waals surface area contributed by atoms with E-state index < -0.39 is 0 Å². The zero-order valence-electron chi connectivity index (χ0n) is 12.4. The molecule has 2 aromatic rings. The summed E-state index contributed by atoms with van der Waals surface area (Å²) >= 11 is 6.19.